The van der Waals surface area contributed by atoms with Crippen molar-refractivity contribution in [1.29, 1.82) is 0 Å². The number of rotatable bonds is 5. The van der Waals surface area contributed by atoms with Crippen LogP contribution in [0.15, 0.2) is 36.4 Å². The third-order valence-corrected chi connectivity index (χ3v) is 3.49. The van der Waals surface area contributed by atoms with Gasteiger partial charge in [-0.1, -0.05) is 30.3 Å². The topological polar surface area (TPSA) is 42.2 Å². The summed E-state index contributed by atoms with van der Waals surface area (Å²) in [5, 5.41) is 8.89. The molecule has 3 nitrogen and oxygen atoms in total. The van der Waals surface area contributed by atoms with Crippen molar-refractivity contribution in [2.24, 2.45) is 0 Å². The van der Waals surface area contributed by atoms with E-state index >= 15 is 0 Å². The maximum atomic E-state index is 10.8. The van der Waals surface area contributed by atoms with Crippen LogP contribution in [0.4, 0.5) is 0 Å². The van der Waals surface area contributed by atoms with Gasteiger partial charge in [0.15, 0.2) is 0 Å². The van der Waals surface area contributed by atoms with Crippen molar-refractivity contribution in [3.8, 4) is 0 Å². The number of carboxylic acid groups (broad SMARTS) is 1. The maximum absolute atomic E-state index is 10.8. The van der Waals surface area contributed by atoms with Crippen molar-refractivity contribution in [2.45, 2.75) is 33.2 Å². The Bertz CT molecular complexity index is 570. The molecule has 2 rings (SSSR count). The highest BCUT2D eigenvalue weighted by atomic mass is 16.4. The molecule has 100 valence electrons. The van der Waals surface area contributed by atoms with Crippen LogP contribution in [0.1, 0.15) is 22.5 Å². The van der Waals surface area contributed by atoms with Gasteiger partial charge in [-0.2, -0.15) is 0 Å². The standard InChI is InChI=1S/C16H19NO2/c1-12-10-15(11-16(18)19)13(2)17(12)9-8-14-6-4-3-5-7-14/h3-7,10H,8-9,11H2,1-2H3,(H,18,19). The van der Waals surface area contributed by atoms with Gasteiger partial charge in [0.25, 0.3) is 0 Å². The summed E-state index contributed by atoms with van der Waals surface area (Å²) in [6.45, 7) is 4.92. The first-order valence-corrected chi connectivity index (χ1v) is 6.49. The molecule has 0 radical (unpaired) electrons. The number of nitrogens with zero attached hydrogens (tertiary/aromatic N) is 1. The molecule has 0 spiro atoms. The number of hydrogen-bond acceptors (Lipinski definition) is 1. The molecule has 1 heterocycles. The maximum Gasteiger partial charge on any atom is 0.307 e. The van der Waals surface area contributed by atoms with E-state index in [9.17, 15) is 4.79 Å². The lowest BCUT2D eigenvalue weighted by atomic mass is 10.1. The van der Waals surface area contributed by atoms with E-state index in [2.05, 4.69) is 16.7 Å². The first-order chi connectivity index (χ1) is 9.08. The van der Waals surface area contributed by atoms with Crippen molar-refractivity contribution in [3.05, 3.63) is 58.9 Å². The summed E-state index contributed by atoms with van der Waals surface area (Å²) >= 11 is 0. The Morgan fingerprint density at radius 1 is 1.21 bits per heavy atom. The zero-order valence-corrected chi connectivity index (χ0v) is 11.4. The van der Waals surface area contributed by atoms with Gasteiger partial charge in [0.1, 0.15) is 0 Å². The largest absolute Gasteiger partial charge is 0.481 e. The van der Waals surface area contributed by atoms with Gasteiger partial charge in [-0.25, -0.2) is 0 Å². The van der Waals surface area contributed by atoms with Crippen LogP contribution in [0.25, 0.3) is 0 Å². The van der Waals surface area contributed by atoms with Crippen LogP contribution in [-0.4, -0.2) is 15.6 Å². The number of benzene rings is 1. The van der Waals surface area contributed by atoms with Gasteiger partial charge in [0, 0.05) is 17.9 Å². The normalized spacial score (nSPS) is 10.6. The molecule has 2 aromatic rings. The third kappa shape index (κ3) is 3.25. The molecular formula is C16H19NO2. The molecule has 3 heteroatoms. The van der Waals surface area contributed by atoms with E-state index in [4.69, 9.17) is 5.11 Å². The molecule has 1 aromatic heterocycles. The van der Waals surface area contributed by atoms with Crippen LogP contribution in [0.3, 0.4) is 0 Å². The van der Waals surface area contributed by atoms with Gasteiger partial charge in [-0.3, -0.25) is 4.79 Å². The smallest absolute Gasteiger partial charge is 0.307 e. The predicted octanol–water partition coefficient (Wildman–Crippen LogP) is 2.97. The Hall–Kier alpha value is -2.03. The fraction of sp³-hybridized carbons (Fsp3) is 0.312. The second kappa shape index (κ2) is 5.74. The molecule has 0 aliphatic rings. The lowest BCUT2D eigenvalue weighted by Gasteiger charge is -2.09. The highest BCUT2D eigenvalue weighted by Crippen LogP contribution is 2.16. The summed E-state index contributed by atoms with van der Waals surface area (Å²) in [6.07, 6.45) is 1.06. The van der Waals surface area contributed by atoms with Crippen LogP contribution in [0, 0.1) is 13.8 Å². The van der Waals surface area contributed by atoms with E-state index in [1.165, 1.54) is 5.56 Å². The second-order valence-corrected chi connectivity index (χ2v) is 4.85. The predicted molar refractivity (Wildman–Crippen MR) is 75.4 cm³/mol. The summed E-state index contributed by atoms with van der Waals surface area (Å²) in [4.78, 5) is 10.8. The van der Waals surface area contributed by atoms with Crippen molar-refractivity contribution in [3.63, 3.8) is 0 Å². The molecule has 0 aliphatic heterocycles. The van der Waals surface area contributed by atoms with Crippen molar-refractivity contribution < 1.29 is 9.90 Å². The molecule has 0 fully saturated rings. The summed E-state index contributed by atoms with van der Waals surface area (Å²) in [5.41, 5.74) is 4.41. The minimum Gasteiger partial charge on any atom is -0.481 e. The van der Waals surface area contributed by atoms with Gasteiger partial charge in [-0.05, 0) is 37.5 Å². The fourth-order valence-electron chi connectivity index (χ4n) is 2.44. The Labute approximate surface area is 113 Å². The van der Waals surface area contributed by atoms with Gasteiger partial charge in [-0.15, -0.1) is 0 Å². The zero-order chi connectivity index (χ0) is 13.8. The van der Waals surface area contributed by atoms with Crippen LogP contribution in [0.5, 0.6) is 0 Å². The minimum atomic E-state index is -0.775. The van der Waals surface area contributed by atoms with E-state index in [1.54, 1.807) is 0 Å². The number of carbonyl (C=O) groups is 1. The fourth-order valence-corrected chi connectivity index (χ4v) is 2.44. The van der Waals surface area contributed by atoms with Gasteiger partial charge in [0.05, 0.1) is 6.42 Å². The molecule has 0 unspecified atom stereocenters. The van der Waals surface area contributed by atoms with E-state index in [0.717, 1.165) is 29.9 Å². The molecule has 1 aromatic carbocycles. The average Bonchev–Trinajstić information content (AvgIpc) is 2.63. The summed E-state index contributed by atoms with van der Waals surface area (Å²) in [7, 11) is 0. The first-order valence-electron chi connectivity index (χ1n) is 6.49. The summed E-state index contributed by atoms with van der Waals surface area (Å²) in [6, 6.07) is 12.3. The minimum absolute atomic E-state index is 0.102. The van der Waals surface area contributed by atoms with Crippen molar-refractivity contribution in [1.82, 2.24) is 4.57 Å². The number of aryl methyl sites for hydroxylation is 2. The Balaban J connectivity index is 2.12. The SMILES string of the molecule is Cc1cc(CC(=O)O)c(C)n1CCc1ccccc1. The van der Waals surface area contributed by atoms with Gasteiger partial charge >= 0.3 is 5.97 Å². The van der Waals surface area contributed by atoms with Crippen molar-refractivity contribution in [2.75, 3.05) is 0 Å². The second-order valence-electron chi connectivity index (χ2n) is 4.85. The number of hydrogen-bond donors (Lipinski definition) is 1. The molecule has 0 amide bonds. The molecular weight excluding hydrogens is 238 g/mol. The summed E-state index contributed by atoms with van der Waals surface area (Å²) in [5.74, 6) is -0.775. The van der Waals surface area contributed by atoms with Crippen LogP contribution >= 0.6 is 0 Å². The first kappa shape index (κ1) is 13.4. The average molecular weight is 257 g/mol. The molecule has 0 atom stereocenters. The van der Waals surface area contributed by atoms with E-state index in [-0.39, 0.29) is 6.42 Å². The van der Waals surface area contributed by atoms with Crippen molar-refractivity contribution >= 4 is 5.97 Å². The number of aromatic nitrogens is 1. The van der Waals surface area contributed by atoms with Crippen LogP contribution in [0.2, 0.25) is 0 Å². The van der Waals surface area contributed by atoms with Gasteiger partial charge in [0.2, 0.25) is 0 Å². The highest BCUT2D eigenvalue weighted by Gasteiger charge is 2.11. The molecule has 0 aliphatic carbocycles. The molecule has 19 heavy (non-hydrogen) atoms. The monoisotopic (exact) mass is 257 g/mol. The lowest BCUT2D eigenvalue weighted by molar-refractivity contribution is -0.136. The zero-order valence-electron chi connectivity index (χ0n) is 11.4. The number of aliphatic carboxylic acids is 1. The summed E-state index contributed by atoms with van der Waals surface area (Å²) < 4.78 is 2.20. The van der Waals surface area contributed by atoms with E-state index < -0.39 is 5.97 Å². The van der Waals surface area contributed by atoms with Crippen LogP contribution < -0.4 is 0 Å². The Kier molecular flexibility index (Phi) is 4.05. The number of carboxylic acids is 1. The Morgan fingerprint density at radius 2 is 1.89 bits per heavy atom. The Morgan fingerprint density at radius 3 is 2.53 bits per heavy atom. The highest BCUT2D eigenvalue weighted by molar-refractivity contribution is 5.70. The molecule has 0 saturated carbocycles. The molecule has 0 bridgehead atoms. The van der Waals surface area contributed by atoms with E-state index in [0.29, 0.717) is 0 Å². The van der Waals surface area contributed by atoms with Crippen LogP contribution in [-0.2, 0) is 24.2 Å². The van der Waals surface area contributed by atoms with Gasteiger partial charge < -0.3 is 9.67 Å². The quantitative estimate of drug-likeness (QED) is 0.894. The van der Waals surface area contributed by atoms with E-state index in [1.807, 2.05) is 38.1 Å². The lowest BCUT2D eigenvalue weighted by Crippen LogP contribution is -2.07. The molecule has 0 saturated heterocycles. The third-order valence-electron chi connectivity index (χ3n) is 3.49. The molecule has 1 N–H and O–H groups in total.